The van der Waals surface area contributed by atoms with Crippen LogP contribution >= 0.6 is 0 Å². The lowest BCUT2D eigenvalue weighted by Gasteiger charge is -2.22. The van der Waals surface area contributed by atoms with Crippen molar-refractivity contribution in [3.8, 4) is 0 Å². The fourth-order valence-corrected chi connectivity index (χ4v) is 4.85. The number of benzene rings is 2. The summed E-state index contributed by atoms with van der Waals surface area (Å²) in [4.78, 5) is 53.3. The van der Waals surface area contributed by atoms with Gasteiger partial charge in [-0.05, 0) is 117 Å². The van der Waals surface area contributed by atoms with Gasteiger partial charge in [0.1, 0.15) is 16.8 Å². The molecule has 52 heavy (non-hydrogen) atoms. The predicted molar refractivity (Wildman–Crippen MR) is 206 cm³/mol. The Hall–Kier alpha value is -4.61. The van der Waals surface area contributed by atoms with Gasteiger partial charge in [0.25, 0.3) is 0 Å². The first kappa shape index (κ1) is 43.6. The standard InChI is InChI=1S/C40H61N5O7/c1-38(2,3)50-35(47)41-27-17-15-13-11-10-12-14-16-18-33(46)42-31-23-19-29(20-24-31)28-30-21-25-32(26-22-30)43-34(44-36(48)51-39(4,5)6)45-37(49)52-40(7,8)9/h19-26H,10-18,27-28H2,1-9H3,(H,41,47)(H,42,46)(H2,43,44,45,48,49). The third-order valence-corrected chi connectivity index (χ3v) is 7.06. The third kappa shape index (κ3) is 21.6. The summed E-state index contributed by atoms with van der Waals surface area (Å²) in [5, 5.41) is 10.7. The van der Waals surface area contributed by atoms with E-state index in [1.54, 1.807) is 53.7 Å². The molecule has 0 heterocycles. The van der Waals surface area contributed by atoms with E-state index in [0.717, 1.165) is 68.2 Å². The van der Waals surface area contributed by atoms with Crippen LogP contribution < -0.4 is 21.3 Å². The molecule has 12 nitrogen and oxygen atoms in total. The number of unbranched alkanes of at least 4 members (excludes halogenated alkanes) is 7. The zero-order chi connectivity index (χ0) is 38.8. The summed E-state index contributed by atoms with van der Waals surface area (Å²) in [5.41, 5.74) is 1.44. The molecule has 2 rings (SSSR count). The highest BCUT2D eigenvalue weighted by Crippen LogP contribution is 2.19. The van der Waals surface area contributed by atoms with E-state index in [-0.39, 0.29) is 18.0 Å². The van der Waals surface area contributed by atoms with Crippen LogP contribution in [0, 0.1) is 0 Å². The first-order chi connectivity index (χ1) is 24.3. The lowest BCUT2D eigenvalue weighted by molar-refractivity contribution is -0.116. The van der Waals surface area contributed by atoms with Gasteiger partial charge in [-0.15, -0.1) is 0 Å². The molecule has 0 unspecified atom stereocenters. The summed E-state index contributed by atoms with van der Waals surface area (Å²) in [5.74, 6) is -0.105. The Kier molecular flexibility index (Phi) is 17.6. The van der Waals surface area contributed by atoms with Crippen LogP contribution in [0.5, 0.6) is 0 Å². The minimum absolute atomic E-state index is 0.0167. The molecule has 0 aliphatic rings. The van der Waals surface area contributed by atoms with Crippen molar-refractivity contribution >= 4 is 41.5 Å². The number of guanidine groups is 1. The Labute approximate surface area is 310 Å². The highest BCUT2D eigenvalue weighted by Gasteiger charge is 2.21. The van der Waals surface area contributed by atoms with Gasteiger partial charge in [-0.2, -0.15) is 0 Å². The third-order valence-electron chi connectivity index (χ3n) is 7.06. The maximum Gasteiger partial charge on any atom is 0.414 e. The predicted octanol–water partition coefficient (Wildman–Crippen LogP) is 9.29. The van der Waals surface area contributed by atoms with Crippen molar-refractivity contribution in [1.29, 1.82) is 0 Å². The molecule has 12 heteroatoms. The Morgan fingerprint density at radius 1 is 0.558 bits per heavy atom. The van der Waals surface area contributed by atoms with Gasteiger partial charge in [0.15, 0.2) is 0 Å². The van der Waals surface area contributed by atoms with E-state index in [4.69, 9.17) is 14.2 Å². The molecule has 0 aromatic heterocycles. The van der Waals surface area contributed by atoms with Crippen molar-refractivity contribution in [1.82, 2.24) is 16.0 Å². The summed E-state index contributed by atoms with van der Waals surface area (Å²) < 4.78 is 15.8. The first-order valence-corrected chi connectivity index (χ1v) is 18.3. The number of hydrogen-bond acceptors (Lipinski definition) is 8. The van der Waals surface area contributed by atoms with Crippen LogP contribution in [0.3, 0.4) is 0 Å². The van der Waals surface area contributed by atoms with E-state index in [1.165, 1.54) is 0 Å². The van der Waals surface area contributed by atoms with Crippen molar-refractivity contribution in [2.75, 3.05) is 11.9 Å². The van der Waals surface area contributed by atoms with Crippen LogP contribution in [-0.4, -0.2) is 53.5 Å². The number of alkyl carbamates (subject to hydrolysis) is 3. The van der Waals surface area contributed by atoms with Crippen molar-refractivity contribution in [3.63, 3.8) is 0 Å². The molecule has 4 N–H and O–H groups in total. The monoisotopic (exact) mass is 723 g/mol. The van der Waals surface area contributed by atoms with Gasteiger partial charge in [-0.1, -0.05) is 62.8 Å². The maximum absolute atomic E-state index is 12.5. The Balaban J connectivity index is 1.74. The number of carbonyl (C=O) groups is 4. The van der Waals surface area contributed by atoms with E-state index in [9.17, 15) is 19.2 Å². The molecule has 0 radical (unpaired) electrons. The van der Waals surface area contributed by atoms with Gasteiger partial charge >= 0.3 is 18.3 Å². The molecule has 0 fully saturated rings. The molecule has 0 bridgehead atoms. The number of rotatable bonds is 15. The summed E-state index contributed by atoms with van der Waals surface area (Å²) >= 11 is 0. The topological polar surface area (TPSA) is 156 Å². The highest BCUT2D eigenvalue weighted by molar-refractivity contribution is 6.02. The quantitative estimate of drug-likeness (QED) is 0.0617. The second kappa shape index (κ2) is 21.0. The van der Waals surface area contributed by atoms with Gasteiger partial charge in [0, 0.05) is 18.7 Å². The summed E-state index contributed by atoms with van der Waals surface area (Å²) in [6, 6.07) is 15.2. The number of nitrogens with one attached hydrogen (secondary N) is 4. The normalized spacial score (nSPS) is 11.6. The molecule has 0 atom stereocenters. The zero-order valence-electron chi connectivity index (χ0n) is 32.7. The van der Waals surface area contributed by atoms with Crippen molar-refractivity contribution in [2.45, 2.75) is 143 Å². The largest absolute Gasteiger partial charge is 0.444 e. The lowest BCUT2D eigenvalue weighted by Crippen LogP contribution is -2.47. The van der Waals surface area contributed by atoms with Crippen molar-refractivity contribution in [3.05, 3.63) is 59.7 Å². The van der Waals surface area contributed by atoms with Crippen LogP contribution in [0.4, 0.5) is 25.8 Å². The number of aliphatic imine (C=N–C) groups is 1. The van der Waals surface area contributed by atoms with Crippen LogP contribution in [0.2, 0.25) is 0 Å². The van der Waals surface area contributed by atoms with Gasteiger partial charge in [0.05, 0.1) is 5.69 Å². The molecule has 0 aliphatic carbocycles. The molecule has 0 saturated heterocycles. The molecular weight excluding hydrogens is 662 g/mol. The number of anilines is 1. The SMILES string of the molecule is CC(C)(C)OC(=O)NCCCCCCCCCCC(=O)Nc1ccc(Cc2ccc(N=C(NC(=O)OC(C)(C)C)NC(=O)OC(C)(C)C)cc2)cc1. The molecule has 288 valence electrons. The molecule has 2 aromatic rings. The average molecular weight is 724 g/mol. The number of ether oxygens (including phenoxy) is 3. The average Bonchev–Trinajstić information content (AvgIpc) is 2.99. The van der Waals surface area contributed by atoms with Gasteiger partial charge < -0.3 is 24.8 Å². The van der Waals surface area contributed by atoms with E-state index in [2.05, 4.69) is 26.3 Å². The van der Waals surface area contributed by atoms with Crippen molar-refractivity contribution in [2.24, 2.45) is 4.99 Å². The van der Waals surface area contributed by atoms with E-state index in [1.807, 2.05) is 57.2 Å². The van der Waals surface area contributed by atoms with E-state index < -0.39 is 29.0 Å². The number of nitrogens with zero attached hydrogens (tertiary/aromatic N) is 1. The molecular formula is C40H61N5O7. The van der Waals surface area contributed by atoms with Crippen molar-refractivity contribution < 1.29 is 33.4 Å². The van der Waals surface area contributed by atoms with Gasteiger partial charge in [-0.25, -0.2) is 19.4 Å². The first-order valence-electron chi connectivity index (χ1n) is 18.3. The Morgan fingerprint density at radius 3 is 1.46 bits per heavy atom. The molecule has 0 saturated carbocycles. The second-order valence-electron chi connectivity index (χ2n) is 15.8. The summed E-state index contributed by atoms with van der Waals surface area (Å²) in [6.45, 7) is 16.6. The lowest BCUT2D eigenvalue weighted by atomic mass is 10.0. The summed E-state index contributed by atoms with van der Waals surface area (Å²) in [6.07, 6.45) is 7.73. The second-order valence-corrected chi connectivity index (χ2v) is 15.8. The minimum atomic E-state index is -0.763. The number of carbonyl (C=O) groups excluding carboxylic acids is 4. The van der Waals surface area contributed by atoms with E-state index in [0.29, 0.717) is 25.1 Å². The zero-order valence-corrected chi connectivity index (χ0v) is 32.7. The van der Waals surface area contributed by atoms with Crippen LogP contribution in [0.1, 0.15) is 131 Å². The minimum Gasteiger partial charge on any atom is -0.444 e. The Bertz CT molecular complexity index is 1420. The number of amides is 4. The van der Waals surface area contributed by atoms with Crippen LogP contribution in [0.25, 0.3) is 0 Å². The molecule has 2 aromatic carbocycles. The fourth-order valence-electron chi connectivity index (χ4n) is 4.85. The van der Waals surface area contributed by atoms with Crippen LogP contribution in [0.15, 0.2) is 53.5 Å². The molecule has 0 aliphatic heterocycles. The van der Waals surface area contributed by atoms with Gasteiger partial charge in [0.2, 0.25) is 11.9 Å². The molecule has 4 amide bonds. The Morgan fingerprint density at radius 2 is 0.981 bits per heavy atom. The van der Waals surface area contributed by atoms with Gasteiger partial charge in [-0.3, -0.25) is 15.4 Å². The number of hydrogen-bond donors (Lipinski definition) is 4. The molecule has 0 spiro atoms. The maximum atomic E-state index is 12.5. The summed E-state index contributed by atoms with van der Waals surface area (Å²) in [7, 11) is 0. The van der Waals surface area contributed by atoms with Crippen LogP contribution in [-0.2, 0) is 25.4 Å². The van der Waals surface area contributed by atoms with E-state index >= 15 is 0 Å². The smallest absolute Gasteiger partial charge is 0.414 e. The fraction of sp³-hybridized carbons (Fsp3) is 0.575. The highest BCUT2D eigenvalue weighted by atomic mass is 16.6.